The average Bonchev–Trinajstić information content (AvgIpc) is 2.86. The van der Waals surface area contributed by atoms with Gasteiger partial charge < -0.3 is 9.64 Å². The number of rotatable bonds is 4. The molecule has 2 fully saturated rings. The van der Waals surface area contributed by atoms with Crippen molar-refractivity contribution in [3.05, 3.63) is 41.5 Å². The number of carbonyl (C=O) groups excluding carboxylic acids is 2. The third kappa shape index (κ3) is 5.19. The summed E-state index contributed by atoms with van der Waals surface area (Å²) in [7, 11) is 0. The normalized spacial score (nSPS) is 26.0. The number of alkyl halides is 3. The summed E-state index contributed by atoms with van der Waals surface area (Å²) in [4.78, 5) is 26.3. The molecule has 0 N–H and O–H groups in total. The standard InChI is InChI=1S/C22H26F3NO3/c1-20(2)10-17-11-21(3,13-20)14-26(17)18(27)12-29-19(28)8-7-15-5-4-6-16(9-15)22(23,24)25/h4-9,17H,10-14H2,1-3H3/b8-7+/t17-,21-/m0/s1. The van der Waals surface area contributed by atoms with Gasteiger partial charge in [0.05, 0.1) is 5.56 Å². The van der Waals surface area contributed by atoms with E-state index in [2.05, 4.69) is 20.8 Å². The topological polar surface area (TPSA) is 46.6 Å². The van der Waals surface area contributed by atoms with Crippen molar-refractivity contribution in [2.24, 2.45) is 10.8 Å². The van der Waals surface area contributed by atoms with Crippen LogP contribution in [0.3, 0.4) is 0 Å². The van der Waals surface area contributed by atoms with Gasteiger partial charge in [0.25, 0.3) is 5.91 Å². The van der Waals surface area contributed by atoms with Gasteiger partial charge in [-0.05, 0) is 53.9 Å². The van der Waals surface area contributed by atoms with Crippen LogP contribution >= 0.6 is 0 Å². The molecule has 1 saturated heterocycles. The van der Waals surface area contributed by atoms with E-state index in [1.54, 1.807) is 0 Å². The van der Waals surface area contributed by atoms with Gasteiger partial charge in [0.2, 0.25) is 0 Å². The fraction of sp³-hybridized carbons (Fsp3) is 0.545. The van der Waals surface area contributed by atoms with Crippen LogP contribution in [0.15, 0.2) is 30.3 Å². The van der Waals surface area contributed by atoms with E-state index >= 15 is 0 Å². The number of hydrogen-bond donors (Lipinski definition) is 0. The minimum atomic E-state index is -4.45. The first-order valence-corrected chi connectivity index (χ1v) is 9.69. The predicted octanol–water partition coefficient (Wildman–Crippen LogP) is 4.69. The second-order valence-electron chi connectivity index (χ2n) is 9.30. The first kappa shape index (κ1) is 21.4. The highest BCUT2D eigenvalue weighted by atomic mass is 19.4. The Kier molecular flexibility index (Phi) is 5.54. The fourth-order valence-electron chi connectivity index (χ4n) is 5.00. The molecule has 0 spiro atoms. The number of likely N-dealkylation sites (tertiary alicyclic amines) is 1. The van der Waals surface area contributed by atoms with Gasteiger partial charge in [-0.2, -0.15) is 13.2 Å². The highest BCUT2D eigenvalue weighted by Crippen LogP contribution is 2.52. The summed E-state index contributed by atoms with van der Waals surface area (Å²) in [6.07, 6.45) is 0.781. The van der Waals surface area contributed by atoms with Crippen molar-refractivity contribution in [1.29, 1.82) is 0 Å². The third-order valence-electron chi connectivity index (χ3n) is 5.70. The summed E-state index contributed by atoms with van der Waals surface area (Å²) in [6, 6.07) is 4.79. The lowest BCUT2D eigenvalue weighted by Crippen LogP contribution is -2.39. The van der Waals surface area contributed by atoms with Gasteiger partial charge in [-0.25, -0.2) is 4.79 Å². The quantitative estimate of drug-likeness (QED) is 0.535. The lowest BCUT2D eigenvalue weighted by atomic mass is 9.65. The summed E-state index contributed by atoms with van der Waals surface area (Å²) in [5.74, 6) is -0.985. The number of hydrogen-bond acceptors (Lipinski definition) is 3. The Morgan fingerprint density at radius 1 is 1.24 bits per heavy atom. The first-order valence-electron chi connectivity index (χ1n) is 9.69. The second-order valence-corrected chi connectivity index (χ2v) is 9.30. The van der Waals surface area contributed by atoms with Crippen molar-refractivity contribution in [2.75, 3.05) is 13.2 Å². The molecule has 0 radical (unpaired) electrons. The predicted molar refractivity (Wildman–Crippen MR) is 103 cm³/mol. The lowest BCUT2D eigenvalue weighted by Gasteiger charge is -2.39. The molecule has 7 heteroatoms. The molecule has 2 atom stereocenters. The van der Waals surface area contributed by atoms with E-state index in [-0.39, 0.29) is 34.9 Å². The fourth-order valence-corrected chi connectivity index (χ4v) is 5.00. The number of nitrogens with zero attached hydrogens (tertiary/aromatic N) is 1. The molecule has 1 saturated carbocycles. The van der Waals surface area contributed by atoms with E-state index in [0.29, 0.717) is 6.54 Å². The van der Waals surface area contributed by atoms with Crippen LogP contribution in [0, 0.1) is 10.8 Å². The van der Waals surface area contributed by atoms with Crippen LogP contribution in [0.1, 0.15) is 51.2 Å². The van der Waals surface area contributed by atoms with Crippen LogP contribution in [-0.4, -0.2) is 36.0 Å². The van der Waals surface area contributed by atoms with E-state index in [0.717, 1.165) is 37.5 Å². The second kappa shape index (κ2) is 7.50. The highest BCUT2D eigenvalue weighted by Gasteiger charge is 2.50. The lowest BCUT2D eigenvalue weighted by molar-refractivity contribution is -0.148. The molecule has 1 aliphatic carbocycles. The molecule has 158 valence electrons. The molecule has 29 heavy (non-hydrogen) atoms. The Morgan fingerprint density at radius 3 is 2.66 bits per heavy atom. The zero-order chi connectivity index (χ0) is 21.4. The SMILES string of the molecule is CC1(C)C[C@H]2C[C@](C)(CN2C(=O)COC(=O)/C=C/c2cccc(C(F)(F)F)c2)C1. The monoisotopic (exact) mass is 409 g/mol. The minimum absolute atomic E-state index is 0.0927. The number of carbonyl (C=O) groups is 2. The molecule has 1 aliphatic heterocycles. The number of fused-ring (bicyclic) bond motifs is 2. The van der Waals surface area contributed by atoms with E-state index in [1.807, 2.05) is 4.90 Å². The molecular formula is C22H26F3NO3. The highest BCUT2D eigenvalue weighted by molar-refractivity contribution is 5.89. The third-order valence-corrected chi connectivity index (χ3v) is 5.70. The van der Waals surface area contributed by atoms with Crippen molar-refractivity contribution in [2.45, 2.75) is 52.3 Å². The van der Waals surface area contributed by atoms with Crippen LogP contribution in [0.2, 0.25) is 0 Å². The molecule has 3 rings (SSSR count). The van der Waals surface area contributed by atoms with E-state index in [4.69, 9.17) is 4.74 Å². The molecule has 0 aromatic heterocycles. The number of ether oxygens (including phenoxy) is 1. The molecule has 1 aromatic rings. The van der Waals surface area contributed by atoms with Crippen LogP contribution in [-0.2, 0) is 20.5 Å². The minimum Gasteiger partial charge on any atom is -0.452 e. The molecule has 0 unspecified atom stereocenters. The van der Waals surface area contributed by atoms with Crippen molar-refractivity contribution >= 4 is 18.0 Å². The van der Waals surface area contributed by atoms with E-state index in [1.165, 1.54) is 18.2 Å². The molecule has 1 aromatic carbocycles. The van der Waals surface area contributed by atoms with Gasteiger partial charge in [-0.1, -0.05) is 32.9 Å². The van der Waals surface area contributed by atoms with Gasteiger partial charge in [0.15, 0.2) is 6.61 Å². The van der Waals surface area contributed by atoms with E-state index in [9.17, 15) is 22.8 Å². The molecule has 4 nitrogen and oxygen atoms in total. The summed E-state index contributed by atoms with van der Waals surface area (Å²) in [5, 5.41) is 0. The maximum atomic E-state index is 12.7. The number of esters is 1. The maximum Gasteiger partial charge on any atom is 0.416 e. The van der Waals surface area contributed by atoms with Crippen LogP contribution in [0.5, 0.6) is 0 Å². The Bertz CT molecular complexity index is 831. The van der Waals surface area contributed by atoms with Crippen molar-refractivity contribution in [1.82, 2.24) is 4.90 Å². The smallest absolute Gasteiger partial charge is 0.416 e. The van der Waals surface area contributed by atoms with Crippen LogP contribution < -0.4 is 0 Å². The van der Waals surface area contributed by atoms with Crippen molar-refractivity contribution in [3.63, 3.8) is 0 Å². The van der Waals surface area contributed by atoms with Gasteiger partial charge in [0, 0.05) is 18.7 Å². The number of halogens is 3. The molecular weight excluding hydrogens is 383 g/mol. The molecule has 2 aliphatic rings. The van der Waals surface area contributed by atoms with Crippen molar-refractivity contribution in [3.8, 4) is 0 Å². The Hall–Kier alpha value is -2.31. The Morgan fingerprint density at radius 2 is 1.97 bits per heavy atom. The molecule has 2 bridgehead atoms. The summed E-state index contributed by atoms with van der Waals surface area (Å²) >= 11 is 0. The first-order chi connectivity index (χ1) is 13.4. The van der Waals surface area contributed by atoms with Gasteiger partial charge in [0.1, 0.15) is 0 Å². The van der Waals surface area contributed by atoms with Crippen LogP contribution in [0.4, 0.5) is 13.2 Å². The Balaban J connectivity index is 1.55. The molecule has 1 amide bonds. The maximum absolute atomic E-state index is 12.7. The van der Waals surface area contributed by atoms with Gasteiger partial charge >= 0.3 is 12.1 Å². The van der Waals surface area contributed by atoms with E-state index < -0.39 is 17.7 Å². The number of amides is 1. The van der Waals surface area contributed by atoms with Crippen LogP contribution in [0.25, 0.3) is 6.08 Å². The molecule has 1 heterocycles. The zero-order valence-electron chi connectivity index (χ0n) is 16.9. The van der Waals surface area contributed by atoms with Gasteiger partial charge in [-0.3, -0.25) is 4.79 Å². The van der Waals surface area contributed by atoms with Gasteiger partial charge in [-0.15, -0.1) is 0 Å². The summed E-state index contributed by atoms with van der Waals surface area (Å²) in [5.41, 5.74) is -0.293. The average molecular weight is 409 g/mol. The number of benzene rings is 1. The zero-order valence-corrected chi connectivity index (χ0v) is 16.9. The summed E-state index contributed by atoms with van der Waals surface area (Å²) < 4.78 is 43.2. The van der Waals surface area contributed by atoms with Crippen molar-refractivity contribution < 1.29 is 27.5 Å². The Labute approximate surface area is 168 Å². The summed E-state index contributed by atoms with van der Waals surface area (Å²) in [6.45, 7) is 6.92. The largest absolute Gasteiger partial charge is 0.452 e.